The van der Waals surface area contributed by atoms with Gasteiger partial charge in [0.25, 0.3) is 5.82 Å². The zero-order chi connectivity index (χ0) is 10.3. The van der Waals surface area contributed by atoms with Gasteiger partial charge >= 0.3 is 12.0 Å². The van der Waals surface area contributed by atoms with Gasteiger partial charge in [-0.25, -0.2) is 15.1 Å². The number of aromatic amines is 1. The van der Waals surface area contributed by atoms with E-state index in [2.05, 4.69) is 9.72 Å². The van der Waals surface area contributed by atoms with Crippen molar-refractivity contribution in [3.8, 4) is 5.75 Å². The van der Waals surface area contributed by atoms with Gasteiger partial charge in [-0.3, -0.25) is 0 Å². The first kappa shape index (κ1) is 8.67. The van der Waals surface area contributed by atoms with Crippen molar-refractivity contribution in [3.63, 3.8) is 0 Å². The van der Waals surface area contributed by atoms with Gasteiger partial charge in [-0.05, 0) is 6.07 Å². The van der Waals surface area contributed by atoms with E-state index in [1.54, 1.807) is 0 Å². The molecule has 0 aromatic carbocycles. The maximum Gasteiger partial charge on any atom is 0.498 e. The number of ether oxygens (including phenoxy) is 1. The normalized spacial score (nSPS) is 18.0. The first-order valence-corrected chi connectivity index (χ1v) is 3.69. The largest absolute Gasteiger partial charge is 0.498 e. The van der Waals surface area contributed by atoms with Crippen LogP contribution >= 0.6 is 0 Å². The highest BCUT2D eigenvalue weighted by atomic mass is 19.3. The summed E-state index contributed by atoms with van der Waals surface area (Å²) in [6.07, 6.45) is -3.84. The summed E-state index contributed by atoms with van der Waals surface area (Å²) < 4.78 is 29.5. The molecule has 2 rings (SSSR count). The molecule has 0 unspecified atom stereocenters. The number of anilines is 2. The van der Waals surface area contributed by atoms with Crippen LogP contribution in [-0.2, 0) is 4.79 Å². The zero-order valence-electron chi connectivity index (χ0n) is 6.80. The lowest BCUT2D eigenvalue weighted by molar-refractivity contribution is -0.347. The van der Waals surface area contributed by atoms with Crippen molar-refractivity contribution < 1.29 is 23.3 Å². The monoisotopic (exact) mass is 202 g/mol. The SMILES string of the molecule is Nc1ccc2c([nH+]1)NC(=O)C(F)(F)O2. The molecule has 5 nitrogen and oxygen atoms in total. The van der Waals surface area contributed by atoms with Crippen molar-refractivity contribution in [2.75, 3.05) is 11.1 Å². The summed E-state index contributed by atoms with van der Waals surface area (Å²) in [5, 5.41) is 1.94. The lowest BCUT2D eigenvalue weighted by atomic mass is 10.3. The number of nitrogens with two attached hydrogens (primary N) is 1. The quantitative estimate of drug-likeness (QED) is 0.621. The fourth-order valence-electron chi connectivity index (χ4n) is 1.05. The van der Waals surface area contributed by atoms with Crippen LogP contribution in [0.25, 0.3) is 0 Å². The highest BCUT2D eigenvalue weighted by Gasteiger charge is 2.49. The third-order valence-corrected chi connectivity index (χ3v) is 1.67. The van der Waals surface area contributed by atoms with Crippen molar-refractivity contribution >= 4 is 17.5 Å². The van der Waals surface area contributed by atoms with Gasteiger partial charge in [0.2, 0.25) is 5.82 Å². The average Bonchev–Trinajstić information content (AvgIpc) is 2.08. The molecule has 4 N–H and O–H groups in total. The van der Waals surface area contributed by atoms with Crippen LogP contribution in [-0.4, -0.2) is 12.0 Å². The van der Waals surface area contributed by atoms with Crippen molar-refractivity contribution in [3.05, 3.63) is 12.1 Å². The molecule has 7 heteroatoms. The number of carbonyl (C=O) groups is 1. The van der Waals surface area contributed by atoms with E-state index in [0.29, 0.717) is 0 Å². The van der Waals surface area contributed by atoms with Crippen LogP contribution in [0.4, 0.5) is 20.4 Å². The van der Waals surface area contributed by atoms with E-state index in [-0.39, 0.29) is 17.4 Å². The Bertz CT molecular complexity index is 408. The molecule has 0 saturated carbocycles. The Morgan fingerprint density at radius 3 is 2.93 bits per heavy atom. The minimum atomic E-state index is -3.84. The number of amides is 1. The van der Waals surface area contributed by atoms with Crippen LogP contribution in [0.5, 0.6) is 5.75 Å². The fourth-order valence-corrected chi connectivity index (χ4v) is 1.05. The van der Waals surface area contributed by atoms with Crippen LogP contribution in [0, 0.1) is 0 Å². The number of alkyl halides is 2. The van der Waals surface area contributed by atoms with E-state index in [0.717, 1.165) is 0 Å². The smallest absolute Gasteiger partial charge is 0.417 e. The fraction of sp³-hybridized carbons (Fsp3) is 0.143. The number of hydrogen-bond donors (Lipinski definition) is 2. The molecule has 0 spiro atoms. The summed E-state index contributed by atoms with van der Waals surface area (Å²) in [7, 11) is 0. The Labute approximate surface area is 76.9 Å². The molecule has 1 aromatic rings. The standard InChI is InChI=1S/C7H5F2N3O2/c8-7(9)6(13)12-5-3(14-7)1-2-4(10)11-5/h1-2H,(H3,10,11,12,13)/p+1. The third-order valence-electron chi connectivity index (χ3n) is 1.67. The first-order chi connectivity index (χ1) is 6.49. The number of nitrogen functional groups attached to an aromatic ring is 1. The number of nitrogens with one attached hydrogen (secondary N) is 2. The van der Waals surface area contributed by atoms with Crippen LogP contribution in [0.15, 0.2) is 12.1 Å². The Kier molecular flexibility index (Phi) is 1.57. The van der Waals surface area contributed by atoms with E-state index in [4.69, 9.17) is 5.73 Å². The maximum absolute atomic E-state index is 12.7. The van der Waals surface area contributed by atoms with E-state index < -0.39 is 12.0 Å². The van der Waals surface area contributed by atoms with Gasteiger partial charge in [-0.1, -0.05) is 0 Å². The van der Waals surface area contributed by atoms with E-state index in [9.17, 15) is 13.6 Å². The Morgan fingerprint density at radius 2 is 2.21 bits per heavy atom. The van der Waals surface area contributed by atoms with Crippen LogP contribution in [0.1, 0.15) is 0 Å². The lowest BCUT2D eigenvalue weighted by Crippen LogP contribution is -2.45. The predicted octanol–water partition coefficient (Wildman–Crippen LogP) is 0.00660. The van der Waals surface area contributed by atoms with Crippen LogP contribution in [0.3, 0.4) is 0 Å². The van der Waals surface area contributed by atoms with E-state index >= 15 is 0 Å². The summed E-state index contributed by atoms with van der Waals surface area (Å²) in [6.45, 7) is 0. The topological polar surface area (TPSA) is 78.5 Å². The molecule has 14 heavy (non-hydrogen) atoms. The molecular weight excluding hydrogens is 196 g/mol. The Balaban J connectivity index is 2.46. The summed E-state index contributed by atoms with van der Waals surface area (Å²) in [5.41, 5.74) is 5.34. The van der Waals surface area contributed by atoms with Crippen LogP contribution < -0.4 is 20.8 Å². The van der Waals surface area contributed by atoms with Crippen LogP contribution in [0.2, 0.25) is 0 Å². The lowest BCUT2D eigenvalue weighted by Gasteiger charge is -2.20. The van der Waals surface area contributed by atoms with Gasteiger partial charge in [0.05, 0.1) is 0 Å². The van der Waals surface area contributed by atoms with Gasteiger partial charge in [-0.2, -0.15) is 8.78 Å². The minimum absolute atomic E-state index is 0.0286. The van der Waals surface area contributed by atoms with E-state index in [1.165, 1.54) is 12.1 Å². The summed E-state index contributed by atoms with van der Waals surface area (Å²) in [4.78, 5) is 13.2. The number of halogens is 2. The minimum Gasteiger partial charge on any atom is -0.417 e. The van der Waals surface area contributed by atoms with E-state index in [1.807, 2.05) is 5.32 Å². The van der Waals surface area contributed by atoms with Gasteiger partial charge in [-0.15, -0.1) is 0 Å². The Hall–Kier alpha value is -1.92. The number of fused-ring (bicyclic) bond motifs is 1. The summed E-state index contributed by atoms with van der Waals surface area (Å²) in [6, 6.07) is 2.60. The molecule has 0 saturated heterocycles. The molecule has 0 fully saturated rings. The zero-order valence-corrected chi connectivity index (χ0v) is 6.80. The molecular formula is C7H6F2N3O2+. The number of H-pyrrole nitrogens is 1. The third kappa shape index (κ3) is 1.22. The average molecular weight is 202 g/mol. The van der Waals surface area contributed by atoms with Crippen molar-refractivity contribution in [2.24, 2.45) is 0 Å². The molecule has 1 aliphatic rings. The molecule has 0 radical (unpaired) electrons. The van der Waals surface area contributed by atoms with Crippen molar-refractivity contribution in [1.29, 1.82) is 0 Å². The first-order valence-electron chi connectivity index (χ1n) is 3.69. The van der Waals surface area contributed by atoms with Gasteiger partial charge < -0.3 is 10.5 Å². The van der Waals surface area contributed by atoms with Crippen molar-refractivity contribution in [1.82, 2.24) is 0 Å². The molecule has 0 atom stereocenters. The molecule has 0 aliphatic carbocycles. The number of aromatic nitrogens is 1. The molecule has 1 aromatic heterocycles. The second kappa shape index (κ2) is 2.53. The molecule has 0 bridgehead atoms. The predicted molar refractivity (Wildman–Crippen MR) is 41.6 cm³/mol. The molecule has 74 valence electrons. The highest BCUT2D eigenvalue weighted by Crippen LogP contribution is 2.32. The second-order valence-corrected chi connectivity index (χ2v) is 2.73. The van der Waals surface area contributed by atoms with Crippen molar-refractivity contribution in [2.45, 2.75) is 6.11 Å². The molecule has 2 heterocycles. The Morgan fingerprint density at radius 1 is 1.50 bits per heavy atom. The summed E-state index contributed by atoms with van der Waals surface area (Å²) >= 11 is 0. The number of carbonyl (C=O) groups excluding carboxylic acids is 1. The second-order valence-electron chi connectivity index (χ2n) is 2.73. The van der Waals surface area contributed by atoms with Gasteiger partial charge in [0, 0.05) is 6.07 Å². The number of pyridine rings is 1. The summed E-state index contributed by atoms with van der Waals surface area (Å²) in [5.74, 6) is -1.41. The number of hydrogen-bond acceptors (Lipinski definition) is 3. The molecule has 1 aliphatic heterocycles. The highest BCUT2D eigenvalue weighted by molar-refractivity contribution is 5.96. The number of rotatable bonds is 0. The van der Waals surface area contributed by atoms with Gasteiger partial charge in [0.15, 0.2) is 5.75 Å². The molecule has 1 amide bonds. The maximum atomic E-state index is 12.7. The van der Waals surface area contributed by atoms with Gasteiger partial charge in [0.1, 0.15) is 0 Å².